The van der Waals surface area contributed by atoms with E-state index >= 15 is 0 Å². The van der Waals surface area contributed by atoms with Crippen LogP contribution < -0.4 is 5.32 Å². The van der Waals surface area contributed by atoms with Crippen molar-refractivity contribution in [2.24, 2.45) is 0 Å². The van der Waals surface area contributed by atoms with Crippen LogP contribution in [0.1, 0.15) is 5.56 Å². The molecule has 0 bridgehead atoms. The standard InChI is InChI=1S/C12H9ClN2O4/c13-8-4-2-1-3-7(8)5-9-11(18)15(6-10(16)17)12(19)14-9/h1-5H,6H2,(H,14,19)(H,16,17)/b9-5+. The van der Waals surface area contributed by atoms with Gasteiger partial charge in [0.05, 0.1) is 0 Å². The number of rotatable bonds is 3. The molecule has 0 saturated carbocycles. The number of carboxylic acid groups (broad SMARTS) is 1. The van der Waals surface area contributed by atoms with Crippen molar-refractivity contribution in [2.45, 2.75) is 0 Å². The van der Waals surface area contributed by atoms with Gasteiger partial charge in [0.1, 0.15) is 12.2 Å². The number of imide groups is 1. The quantitative estimate of drug-likeness (QED) is 0.646. The van der Waals surface area contributed by atoms with Gasteiger partial charge in [-0.15, -0.1) is 0 Å². The fourth-order valence-electron chi connectivity index (χ4n) is 1.60. The highest BCUT2D eigenvalue weighted by Crippen LogP contribution is 2.20. The van der Waals surface area contributed by atoms with E-state index in [1.165, 1.54) is 6.08 Å². The number of carboxylic acids is 1. The van der Waals surface area contributed by atoms with E-state index in [1.807, 2.05) is 0 Å². The fraction of sp³-hybridized carbons (Fsp3) is 0.0833. The molecule has 1 aromatic rings. The smallest absolute Gasteiger partial charge is 0.329 e. The van der Waals surface area contributed by atoms with Crippen LogP contribution in [0.4, 0.5) is 4.79 Å². The van der Waals surface area contributed by atoms with Gasteiger partial charge in [-0.25, -0.2) is 9.69 Å². The number of nitrogens with one attached hydrogen (secondary N) is 1. The topological polar surface area (TPSA) is 86.7 Å². The van der Waals surface area contributed by atoms with Crippen molar-refractivity contribution in [2.75, 3.05) is 6.54 Å². The van der Waals surface area contributed by atoms with E-state index in [0.717, 1.165) is 0 Å². The maximum Gasteiger partial charge on any atom is 0.329 e. The van der Waals surface area contributed by atoms with E-state index in [4.69, 9.17) is 16.7 Å². The molecule has 1 heterocycles. The number of hydrogen-bond donors (Lipinski definition) is 2. The van der Waals surface area contributed by atoms with Crippen LogP contribution in [0.15, 0.2) is 30.0 Å². The molecule has 1 aromatic carbocycles. The lowest BCUT2D eigenvalue weighted by Crippen LogP contribution is -2.35. The number of carbonyl (C=O) groups is 3. The molecule has 2 N–H and O–H groups in total. The Morgan fingerprint density at radius 3 is 2.68 bits per heavy atom. The molecular weight excluding hydrogens is 272 g/mol. The van der Waals surface area contributed by atoms with Crippen LogP contribution >= 0.6 is 11.6 Å². The highest BCUT2D eigenvalue weighted by Gasteiger charge is 2.34. The second-order valence-electron chi connectivity index (χ2n) is 3.79. The average Bonchev–Trinajstić information content (AvgIpc) is 2.60. The van der Waals surface area contributed by atoms with Gasteiger partial charge in [0, 0.05) is 5.02 Å². The summed E-state index contributed by atoms with van der Waals surface area (Å²) in [5.41, 5.74) is 0.560. The van der Waals surface area contributed by atoms with Crippen LogP contribution in [-0.4, -0.2) is 34.5 Å². The Morgan fingerprint density at radius 2 is 2.05 bits per heavy atom. The molecule has 6 nitrogen and oxygen atoms in total. The lowest BCUT2D eigenvalue weighted by molar-refractivity contribution is -0.140. The van der Waals surface area contributed by atoms with Gasteiger partial charge in [-0.3, -0.25) is 9.59 Å². The zero-order valence-electron chi connectivity index (χ0n) is 9.59. The van der Waals surface area contributed by atoms with Gasteiger partial charge in [0.25, 0.3) is 5.91 Å². The summed E-state index contributed by atoms with van der Waals surface area (Å²) >= 11 is 5.93. The van der Waals surface area contributed by atoms with E-state index in [9.17, 15) is 14.4 Å². The van der Waals surface area contributed by atoms with E-state index < -0.39 is 24.5 Å². The van der Waals surface area contributed by atoms with Gasteiger partial charge in [-0.1, -0.05) is 29.8 Å². The zero-order valence-corrected chi connectivity index (χ0v) is 10.3. The average molecular weight is 281 g/mol. The number of aliphatic carboxylic acids is 1. The Labute approximate surface area is 113 Å². The molecule has 0 aliphatic carbocycles. The minimum atomic E-state index is -1.26. The monoisotopic (exact) mass is 280 g/mol. The van der Waals surface area contributed by atoms with Crippen molar-refractivity contribution in [3.63, 3.8) is 0 Å². The first-order valence-corrected chi connectivity index (χ1v) is 5.67. The number of amides is 3. The summed E-state index contributed by atoms with van der Waals surface area (Å²) in [4.78, 5) is 34.5. The number of hydrogen-bond acceptors (Lipinski definition) is 3. The molecule has 0 atom stereocenters. The summed E-state index contributed by atoms with van der Waals surface area (Å²) in [6.07, 6.45) is 1.41. The van der Waals surface area contributed by atoms with Crippen LogP contribution in [0.5, 0.6) is 0 Å². The highest BCUT2D eigenvalue weighted by atomic mass is 35.5. The molecule has 0 spiro atoms. The van der Waals surface area contributed by atoms with Crippen molar-refractivity contribution < 1.29 is 19.5 Å². The molecule has 98 valence electrons. The molecule has 0 radical (unpaired) electrons. The lowest BCUT2D eigenvalue weighted by atomic mass is 10.2. The molecule has 0 unspecified atom stereocenters. The molecule has 0 aromatic heterocycles. The summed E-state index contributed by atoms with van der Waals surface area (Å²) in [6.45, 7) is -0.676. The van der Waals surface area contributed by atoms with Gasteiger partial charge in [0.2, 0.25) is 0 Å². The third-order valence-corrected chi connectivity index (χ3v) is 2.80. The van der Waals surface area contributed by atoms with Crippen molar-refractivity contribution in [1.29, 1.82) is 0 Å². The predicted octanol–water partition coefficient (Wildman–Crippen LogP) is 1.32. The molecular formula is C12H9ClN2O4. The summed E-state index contributed by atoms with van der Waals surface area (Å²) < 4.78 is 0. The first-order valence-electron chi connectivity index (χ1n) is 5.30. The van der Waals surface area contributed by atoms with Crippen LogP contribution in [-0.2, 0) is 9.59 Å². The van der Waals surface area contributed by atoms with Crippen molar-refractivity contribution >= 4 is 35.6 Å². The second kappa shape index (κ2) is 5.11. The van der Waals surface area contributed by atoms with Gasteiger partial charge in [-0.2, -0.15) is 0 Å². The van der Waals surface area contributed by atoms with E-state index in [2.05, 4.69) is 5.32 Å². The van der Waals surface area contributed by atoms with Crippen molar-refractivity contribution in [1.82, 2.24) is 10.2 Å². The largest absolute Gasteiger partial charge is 0.480 e. The van der Waals surface area contributed by atoms with Crippen LogP contribution in [0.2, 0.25) is 5.02 Å². The number of nitrogens with zero attached hydrogens (tertiary/aromatic N) is 1. The Kier molecular flexibility index (Phi) is 3.52. The first-order chi connectivity index (χ1) is 8.99. The molecule has 2 rings (SSSR count). The summed E-state index contributed by atoms with van der Waals surface area (Å²) in [7, 11) is 0. The Balaban J connectivity index is 2.28. The van der Waals surface area contributed by atoms with Crippen LogP contribution in [0.3, 0.4) is 0 Å². The minimum Gasteiger partial charge on any atom is -0.480 e. The molecule has 1 saturated heterocycles. The molecule has 19 heavy (non-hydrogen) atoms. The van der Waals surface area contributed by atoms with Gasteiger partial charge in [0.15, 0.2) is 0 Å². The zero-order chi connectivity index (χ0) is 14.0. The number of benzene rings is 1. The Morgan fingerprint density at radius 1 is 1.37 bits per heavy atom. The number of halogens is 1. The maximum absolute atomic E-state index is 11.8. The third-order valence-electron chi connectivity index (χ3n) is 2.46. The van der Waals surface area contributed by atoms with Crippen LogP contribution in [0.25, 0.3) is 6.08 Å². The van der Waals surface area contributed by atoms with Crippen molar-refractivity contribution in [3.05, 3.63) is 40.5 Å². The molecule has 1 aliphatic rings. The number of carbonyl (C=O) groups excluding carboxylic acids is 2. The summed E-state index contributed by atoms with van der Waals surface area (Å²) in [5, 5.41) is 11.4. The third kappa shape index (κ3) is 2.74. The molecule has 7 heteroatoms. The highest BCUT2D eigenvalue weighted by molar-refractivity contribution is 6.32. The first kappa shape index (κ1) is 13.1. The SMILES string of the molecule is O=C(O)CN1C(=O)N/C(=C/c2ccccc2Cl)C1=O. The molecule has 1 aliphatic heterocycles. The minimum absolute atomic E-state index is 0.000602. The van der Waals surface area contributed by atoms with E-state index in [1.54, 1.807) is 24.3 Å². The summed E-state index contributed by atoms with van der Waals surface area (Å²) in [6, 6.07) is 6.02. The molecule has 3 amide bonds. The Hall–Kier alpha value is -2.34. The van der Waals surface area contributed by atoms with Crippen molar-refractivity contribution in [3.8, 4) is 0 Å². The van der Waals surface area contributed by atoms with Crippen LogP contribution in [0, 0.1) is 0 Å². The fourth-order valence-corrected chi connectivity index (χ4v) is 1.79. The Bertz CT molecular complexity index is 597. The summed E-state index contributed by atoms with van der Waals surface area (Å²) in [5.74, 6) is -1.95. The van der Waals surface area contributed by atoms with Gasteiger partial charge >= 0.3 is 12.0 Å². The normalized spacial score (nSPS) is 16.9. The second-order valence-corrected chi connectivity index (χ2v) is 4.20. The maximum atomic E-state index is 11.8. The van der Waals surface area contributed by atoms with Gasteiger partial charge in [-0.05, 0) is 17.7 Å². The predicted molar refractivity (Wildman–Crippen MR) is 67.3 cm³/mol. The molecule has 1 fully saturated rings. The van der Waals surface area contributed by atoms with E-state index in [-0.39, 0.29) is 5.70 Å². The number of urea groups is 1. The van der Waals surface area contributed by atoms with E-state index in [0.29, 0.717) is 15.5 Å². The lowest BCUT2D eigenvalue weighted by Gasteiger charge is -2.06. The van der Waals surface area contributed by atoms with Gasteiger partial charge < -0.3 is 10.4 Å².